The minimum absolute atomic E-state index is 0.0466. The molecule has 2 aromatic rings. The molecule has 1 heterocycles. The zero-order valence-corrected chi connectivity index (χ0v) is 9.69. The summed E-state index contributed by atoms with van der Waals surface area (Å²) in [7, 11) is 1.78. The average Bonchev–Trinajstić information content (AvgIpc) is 2.78. The third kappa shape index (κ3) is 2.84. The first kappa shape index (κ1) is 12.5. The van der Waals surface area contributed by atoms with E-state index in [2.05, 4.69) is 15.0 Å². The molecule has 0 aliphatic heterocycles. The molecule has 4 nitrogen and oxygen atoms in total. The van der Waals surface area contributed by atoms with Gasteiger partial charge in [-0.15, -0.1) is 0 Å². The summed E-state index contributed by atoms with van der Waals surface area (Å²) in [6.07, 6.45) is 1.48. The molecule has 0 radical (unpaired) electrons. The summed E-state index contributed by atoms with van der Waals surface area (Å²) < 4.78 is 34.2. The van der Waals surface area contributed by atoms with Gasteiger partial charge in [-0.1, -0.05) is 12.1 Å². The Hall–Kier alpha value is -1.95. The minimum atomic E-state index is -2.88. The molecule has 0 bridgehead atoms. The number of halogens is 2. The Kier molecular flexibility index (Phi) is 3.88. The van der Waals surface area contributed by atoms with Crippen LogP contribution in [0.15, 0.2) is 34.9 Å². The predicted octanol–water partition coefficient (Wildman–Crippen LogP) is 2.66. The number of hydrogen-bond donors (Lipinski definition) is 1. The predicted molar refractivity (Wildman–Crippen MR) is 61.3 cm³/mol. The van der Waals surface area contributed by atoms with E-state index in [9.17, 15) is 8.78 Å². The first-order valence-electron chi connectivity index (χ1n) is 5.34. The molecule has 6 heteroatoms. The van der Waals surface area contributed by atoms with E-state index in [1.54, 1.807) is 25.2 Å². The van der Waals surface area contributed by atoms with Crippen LogP contribution in [0.25, 0.3) is 11.5 Å². The fourth-order valence-corrected chi connectivity index (χ4v) is 1.54. The van der Waals surface area contributed by atoms with Crippen molar-refractivity contribution in [3.05, 3.63) is 36.2 Å². The number of rotatable bonds is 5. The highest BCUT2D eigenvalue weighted by molar-refractivity contribution is 5.62. The zero-order valence-electron chi connectivity index (χ0n) is 9.69. The van der Waals surface area contributed by atoms with Crippen molar-refractivity contribution in [1.29, 1.82) is 0 Å². The van der Waals surface area contributed by atoms with Crippen molar-refractivity contribution in [1.82, 2.24) is 10.3 Å². The number of nitrogens with one attached hydrogen (secondary N) is 1. The summed E-state index contributed by atoms with van der Waals surface area (Å²) in [6.45, 7) is -2.33. The van der Waals surface area contributed by atoms with Crippen LogP contribution in [-0.2, 0) is 6.54 Å². The highest BCUT2D eigenvalue weighted by Crippen LogP contribution is 2.30. The van der Waals surface area contributed by atoms with Crippen molar-refractivity contribution >= 4 is 0 Å². The Morgan fingerprint density at radius 3 is 2.89 bits per heavy atom. The highest BCUT2D eigenvalue weighted by atomic mass is 19.3. The molecule has 0 atom stereocenters. The lowest BCUT2D eigenvalue weighted by Gasteiger charge is -2.07. The van der Waals surface area contributed by atoms with Gasteiger partial charge in [-0.05, 0) is 19.2 Å². The molecule has 18 heavy (non-hydrogen) atoms. The molecule has 0 saturated carbocycles. The molecule has 96 valence electrons. The monoisotopic (exact) mass is 254 g/mol. The van der Waals surface area contributed by atoms with Crippen molar-refractivity contribution in [2.24, 2.45) is 0 Å². The van der Waals surface area contributed by atoms with E-state index in [0.717, 1.165) is 0 Å². The van der Waals surface area contributed by atoms with Gasteiger partial charge in [-0.3, -0.25) is 0 Å². The molecule has 0 saturated heterocycles. The maximum atomic E-state index is 12.3. The number of nitrogens with zero attached hydrogens (tertiary/aromatic N) is 1. The maximum absolute atomic E-state index is 12.3. The van der Waals surface area contributed by atoms with Gasteiger partial charge < -0.3 is 14.5 Å². The van der Waals surface area contributed by atoms with Gasteiger partial charge in [-0.2, -0.15) is 8.78 Å². The second kappa shape index (κ2) is 5.59. The Bertz CT molecular complexity index is 514. The topological polar surface area (TPSA) is 47.3 Å². The summed E-state index contributed by atoms with van der Waals surface area (Å²) in [5, 5.41) is 2.92. The van der Waals surface area contributed by atoms with Gasteiger partial charge in [0.15, 0.2) is 0 Å². The van der Waals surface area contributed by atoms with Crippen LogP contribution in [0.1, 0.15) is 5.69 Å². The lowest BCUT2D eigenvalue weighted by molar-refractivity contribution is -0.0495. The molecule has 0 amide bonds. The second-order valence-corrected chi connectivity index (χ2v) is 3.55. The van der Waals surface area contributed by atoms with E-state index in [0.29, 0.717) is 17.8 Å². The van der Waals surface area contributed by atoms with E-state index in [-0.39, 0.29) is 11.6 Å². The molecular formula is C12H12F2N2O2. The van der Waals surface area contributed by atoms with E-state index in [4.69, 9.17) is 4.42 Å². The van der Waals surface area contributed by atoms with Crippen LogP contribution < -0.4 is 10.1 Å². The van der Waals surface area contributed by atoms with Crippen molar-refractivity contribution in [2.75, 3.05) is 7.05 Å². The van der Waals surface area contributed by atoms with Crippen molar-refractivity contribution in [3.63, 3.8) is 0 Å². The largest absolute Gasteiger partial charge is 0.444 e. The Labute approximate surface area is 103 Å². The smallest absolute Gasteiger partial charge is 0.387 e. The van der Waals surface area contributed by atoms with Crippen LogP contribution in [0.4, 0.5) is 8.78 Å². The Balaban J connectivity index is 2.30. The zero-order chi connectivity index (χ0) is 13.0. The molecule has 0 fully saturated rings. The summed E-state index contributed by atoms with van der Waals surface area (Å²) >= 11 is 0. The van der Waals surface area contributed by atoms with Crippen LogP contribution in [-0.4, -0.2) is 18.6 Å². The summed E-state index contributed by atoms with van der Waals surface area (Å²) in [5.41, 5.74) is 1.10. The minimum Gasteiger partial charge on any atom is -0.444 e. The summed E-state index contributed by atoms with van der Waals surface area (Å²) in [4.78, 5) is 4.18. The number of hydrogen-bond acceptors (Lipinski definition) is 4. The van der Waals surface area contributed by atoms with Gasteiger partial charge in [0.2, 0.25) is 5.89 Å². The van der Waals surface area contributed by atoms with E-state index >= 15 is 0 Å². The van der Waals surface area contributed by atoms with E-state index in [1.165, 1.54) is 12.3 Å². The normalized spacial score (nSPS) is 10.9. The molecule has 1 N–H and O–H groups in total. The van der Waals surface area contributed by atoms with Gasteiger partial charge in [0.05, 0.1) is 11.3 Å². The van der Waals surface area contributed by atoms with Gasteiger partial charge in [0.1, 0.15) is 12.0 Å². The van der Waals surface area contributed by atoms with Gasteiger partial charge in [0, 0.05) is 6.54 Å². The highest BCUT2D eigenvalue weighted by Gasteiger charge is 2.14. The fraction of sp³-hybridized carbons (Fsp3) is 0.250. The summed E-state index contributed by atoms with van der Waals surface area (Å²) in [5.74, 6) is 0.307. The molecule has 0 aliphatic carbocycles. The van der Waals surface area contributed by atoms with Crippen molar-refractivity contribution < 1.29 is 17.9 Å². The van der Waals surface area contributed by atoms with Crippen LogP contribution in [0.3, 0.4) is 0 Å². The molecule has 1 aromatic heterocycles. The van der Waals surface area contributed by atoms with Gasteiger partial charge in [0.25, 0.3) is 0 Å². The number of para-hydroxylation sites is 1. The standard InChI is InChI=1S/C12H12F2N2O2/c1-15-6-8-7-17-11(16-8)9-4-2-3-5-10(9)18-12(13)14/h2-5,7,12,15H,6H2,1H3. The molecule has 1 aromatic carbocycles. The fourth-order valence-electron chi connectivity index (χ4n) is 1.54. The quantitative estimate of drug-likeness (QED) is 0.891. The van der Waals surface area contributed by atoms with Crippen LogP contribution in [0.5, 0.6) is 5.75 Å². The molecule has 2 rings (SSSR count). The molecule has 0 aliphatic rings. The SMILES string of the molecule is CNCc1coc(-c2ccccc2OC(F)F)n1. The van der Waals surface area contributed by atoms with Crippen molar-refractivity contribution in [2.45, 2.75) is 13.2 Å². The maximum Gasteiger partial charge on any atom is 0.387 e. The van der Waals surface area contributed by atoms with Crippen LogP contribution in [0, 0.1) is 0 Å². The van der Waals surface area contributed by atoms with E-state index < -0.39 is 6.61 Å². The molecule has 0 unspecified atom stereocenters. The van der Waals surface area contributed by atoms with E-state index in [1.807, 2.05) is 0 Å². The third-order valence-electron chi connectivity index (χ3n) is 2.24. The van der Waals surface area contributed by atoms with Crippen LogP contribution >= 0.6 is 0 Å². The van der Waals surface area contributed by atoms with Gasteiger partial charge >= 0.3 is 6.61 Å². The number of ether oxygens (including phenoxy) is 1. The van der Waals surface area contributed by atoms with Crippen molar-refractivity contribution in [3.8, 4) is 17.2 Å². The van der Waals surface area contributed by atoms with Crippen LogP contribution in [0.2, 0.25) is 0 Å². The number of benzene rings is 1. The first-order valence-corrected chi connectivity index (χ1v) is 5.34. The average molecular weight is 254 g/mol. The molecule has 0 spiro atoms. The number of oxazole rings is 1. The lowest BCUT2D eigenvalue weighted by atomic mass is 10.2. The number of alkyl halides is 2. The Morgan fingerprint density at radius 1 is 1.39 bits per heavy atom. The number of aromatic nitrogens is 1. The second-order valence-electron chi connectivity index (χ2n) is 3.55. The lowest BCUT2D eigenvalue weighted by Crippen LogP contribution is -2.05. The summed E-state index contributed by atoms with van der Waals surface area (Å²) in [6, 6.07) is 6.38. The molecular weight excluding hydrogens is 242 g/mol. The Morgan fingerprint density at radius 2 is 2.17 bits per heavy atom. The van der Waals surface area contributed by atoms with Gasteiger partial charge in [-0.25, -0.2) is 4.98 Å². The third-order valence-corrected chi connectivity index (χ3v) is 2.24. The first-order chi connectivity index (χ1) is 8.70.